The van der Waals surface area contributed by atoms with Crippen LogP contribution < -0.4 is 5.32 Å². The van der Waals surface area contributed by atoms with Crippen LogP contribution in [0.5, 0.6) is 0 Å². The first-order valence-corrected chi connectivity index (χ1v) is 10.9. The van der Waals surface area contributed by atoms with Crippen LogP contribution in [0.1, 0.15) is 29.7 Å². The minimum Gasteiger partial charge on any atom is -0.467 e. The summed E-state index contributed by atoms with van der Waals surface area (Å²) in [5.74, 6) is 0.745. The second kappa shape index (κ2) is 9.24. The van der Waals surface area contributed by atoms with Crippen molar-refractivity contribution in [1.29, 1.82) is 0 Å². The van der Waals surface area contributed by atoms with Crippen molar-refractivity contribution < 1.29 is 18.7 Å². The van der Waals surface area contributed by atoms with Crippen LogP contribution in [0.4, 0.5) is 0 Å². The average molecular weight is 426 g/mol. The van der Waals surface area contributed by atoms with Crippen molar-refractivity contribution in [1.82, 2.24) is 15.1 Å². The van der Waals surface area contributed by atoms with Gasteiger partial charge in [-0.1, -0.05) is 24.3 Å². The van der Waals surface area contributed by atoms with E-state index in [2.05, 4.69) is 10.2 Å². The van der Waals surface area contributed by atoms with Crippen molar-refractivity contribution in [3.63, 3.8) is 0 Å². The summed E-state index contributed by atoms with van der Waals surface area (Å²) in [6.07, 6.45) is 2.97. The Kier molecular flexibility index (Phi) is 6.43. The van der Waals surface area contributed by atoms with Gasteiger partial charge in [-0.25, -0.2) is 0 Å². The highest BCUT2D eigenvalue weighted by molar-refractivity contribution is 5.81. The Labute approximate surface area is 183 Å². The Hall–Kier alpha value is -2.64. The lowest BCUT2D eigenvalue weighted by molar-refractivity contribution is -0.183. The van der Waals surface area contributed by atoms with Gasteiger partial charge in [-0.2, -0.15) is 0 Å². The van der Waals surface area contributed by atoms with Crippen LogP contribution >= 0.6 is 0 Å². The zero-order valence-corrected chi connectivity index (χ0v) is 18.3. The number of hydrogen-bond donors (Lipinski definition) is 1. The van der Waals surface area contributed by atoms with Gasteiger partial charge in [-0.15, -0.1) is 0 Å². The predicted octanol–water partition coefficient (Wildman–Crippen LogP) is 2.14. The van der Waals surface area contributed by atoms with Crippen molar-refractivity contribution in [3.8, 4) is 0 Å². The summed E-state index contributed by atoms with van der Waals surface area (Å²) in [7, 11) is 2.02. The summed E-state index contributed by atoms with van der Waals surface area (Å²) in [6.45, 7) is 5.02. The molecule has 1 aromatic carbocycles. The summed E-state index contributed by atoms with van der Waals surface area (Å²) < 4.78 is 11.6. The Balaban J connectivity index is 1.32. The number of likely N-dealkylation sites (tertiary alicyclic amines) is 1. The second-order valence-electron chi connectivity index (χ2n) is 8.77. The minimum absolute atomic E-state index is 0.125. The van der Waals surface area contributed by atoms with Crippen molar-refractivity contribution in [2.45, 2.75) is 44.4 Å². The van der Waals surface area contributed by atoms with Crippen LogP contribution in [-0.2, 0) is 27.3 Å². The molecule has 2 aliphatic heterocycles. The summed E-state index contributed by atoms with van der Waals surface area (Å²) in [5.41, 5.74) is 1.83. The van der Waals surface area contributed by atoms with E-state index >= 15 is 0 Å². The lowest BCUT2D eigenvalue weighted by Gasteiger charge is -2.48. The topological polar surface area (TPSA) is 75.0 Å². The van der Waals surface area contributed by atoms with Crippen molar-refractivity contribution in [3.05, 3.63) is 59.5 Å². The Morgan fingerprint density at radius 1 is 1.16 bits per heavy atom. The number of carbonyl (C=O) groups is 2. The number of furan rings is 1. The minimum atomic E-state index is -0.525. The number of rotatable bonds is 5. The van der Waals surface area contributed by atoms with Crippen molar-refractivity contribution >= 4 is 11.8 Å². The number of likely N-dealkylation sites (N-methyl/N-ethyl adjacent to an activating group) is 1. The molecule has 2 fully saturated rings. The molecule has 3 heterocycles. The fraction of sp³-hybridized carbons (Fsp3) is 0.500. The molecule has 2 aliphatic rings. The Morgan fingerprint density at radius 3 is 2.65 bits per heavy atom. The van der Waals surface area contributed by atoms with Crippen molar-refractivity contribution in [2.24, 2.45) is 0 Å². The quantitative estimate of drug-likeness (QED) is 0.795. The summed E-state index contributed by atoms with van der Waals surface area (Å²) in [6, 6.07) is 11.7. The van der Waals surface area contributed by atoms with Gasteiger partial charge in [0.05, 0.1) is 24.8 Å². The smallest absolute Gasteiger partial charge is 0.250 e. The molecular weight excluding hydrogens is 394 g/mol. The molecule has 0 bridgehead atoms. The second-order valence-corrected chi connectivity index (χ2v) is 8.77. The van der Waals surface area contributed by atoms with Gasteiger partial charge in [0.15, 0.2) is 0 Å². The van der Waals surface area contributed by atoms with E-state index in [9.17, 15) is 9.59 Å². The van der Waals surface area contributed by atoms with E-state index < -0.39 is 6.10 Å². The molecule has 2 saturated heterocycles. The fourth-order valence-electron chi connectivity index (χ4n) is 4.58. The molecule has 7 heteroatoms. The molecule has 2 aromatic rings. The van der Waals surface area contributed by atoms with E-state index in [0.717, 1.165) is 30.5 Å². The molecule has 0 saturated carbocycles. The number of ether oxygens (including phenoxy) is 1. The molecule has 7 nitrogen and oxygen atoms in total. The number of nitrogens with zero attached hydrogens (tertiary/aromatic N) is 2. The highest BCUT2D eigenvalue weighted by Crippen LogP contribution is 2.32. The third-order valence-electron chi connectivity index (χ3n) is 6.37. The number of piperidine rings is 1. The van der Waals surface area contributed by atoms with E-state index in [-0.39, 0.29) is 17.4 Å². The van der Waals surface area contributed by atoms with E-state index in [1.807, 2.05) is 49.2 Å². The Bertz CT molecular complexity index is 903. The first kappa shape index (κ1) is 21.6. The average Bonchev–Trinajstić information content (AvgIpc) is 3.27. The van der Waals surface area contributed by atoms with Gasteiger partial charge in [0.25, 0.3) is 5.91 Å². The summed E-state index contributed by atoms with van der Waals surface area (Å²) >= 11 is 0. The summed E-state index contributed by atoms with van der Waals surface area (Å²) in [5, 5.41) is 2.91. The molecule has 2 amide bonds. The molecule has 31 heavy (non-hydrogen) atoms. The molecule has 4 rings (SSSR count). The van der Waals surface area contributed by atoms with Gasteiger partial charge in [0.1, 0.15) is 11.9 Å². The molecule has 0 aliphatic carbocycles. The molecule has 166 valence electrons. The number of benzene rings is 1. The number of carbonyl (C=O) groups excluding carboxylic acids is 2. The maximum absolute atomic E-state index is 12.8. The van der Waals surface area contributed by atoms with Gasteiger partial charge in [0, 0.05) is 26.2 Å². The number of aryl methyl sites for hydroxylation is 1. The van der Waals surface area contributed by atoms with Crippen LogP contribution in [0.2, 0.25) is 0 Å². The maximum Gasteiger partial charge on any atom is 0.250 e. The molecule has 0 radical (unpaired) electrons. The van der Waals surface area contributed by atoms with Gasteiger partial charge in [-0.3, -0.25) is 9.59 Å². The lowest BCUT2D eigenvalue weighted by atomic mass is 9.88. The largest absolute Gasteiger partial charge is 0.467 e. The van der Waals surface area contributed by atoms with E-state index in [0.29, 0.717) is 38.4 Å². The van der Waals surface area contributed by atoms with Crippen LogP contribution in [0.15, 0.2) is 47.1 Å². The maximum atomic E-state index is 12.8. The predicted molar refractivity (Wildman–Crippen MR) is 116 cm³/mol. The normalized spacial score (nSPS) is 21.2. The zero-order chi connectivity index (χ0) is 21.8. The van der Waals surface area contributed by atoms with Gasteiger partial charge < -0.3 is 24.3 Å². The van der Waals surface area contributed by atoms with E-state index in [4.69, 9.17) is 9.15 Å². The molecule has 0 unspecified atom stereocenters. The van der Waals surface area contributed by atoms with Crippen LogP contribution in [-0.4, -0.2) is 66.5 Å². The molecular formula is C24H31N3O4. The molecule has 1 aromatic heterocycles. The standard InChI is InChI=1S/C24H31N3O4/c1-18-6-3-4-7-19(18)14-22(28)27-11-9-24(10-12-27)17-26(2)16-21(31-24)23(29)25-15-20-8-5-13-30-20/h3-8,13,21H,9-12,14-17H2,1-2H3,(H,25,29)/t21-/m0/s1. The number of morpholine rings is 1. The van der Waals surface area contributed by atoms with Gasteiger partial charge in [-0.05, 0) is 50.1 Å². The zero-order valence-electron chi connectivity index (χ0n) is 18.3. The van der Waals surface area contributed by atoms with Crippen molar-refractivity contribution in [2.75, 3.05) is 33.2 Å². The van der Waals surface area contributed by atoms with Gasteiger partial charge in [0.2, 0.25) is 5.91 Å². The van der Waals surface area contributed by atoms with E-state index in [1.165, 1.54) is 0 Å². The molecule has 1 spiro atoms. The molecule has 1 atom stereocenters. The number of hydrogen-bond acceptors (Lipinski definition) is 5. The number of nitrogens with one attached hydrogen (secondary N) is 1. The third-order valence-corrected chi connectivity index (χ3v) is 6.37. The summed E-state index contributed by atoms with van der Waals surface area (Å²) in [4.78, 5) is 29.6. The van der Waals surface area contributed by atoms with Gasteiger partial charge >= 0.3 is 0 Å². The first-order valence-electron chi connectivity index (χ1n) is 10.9. The monoisotopic (exact) mass is 425 g/mol. The van der Waals surface area contributed by atoms with Crippen LogP contribution in [0.25, 0.3) is 0 Å². The third kappa shape index (κ3) is 5.17. The van der Waals surface area contributed by atoms with Crippen LogP contribution in [0.3, 0.4) is 0 Å². The highest BCUT2D eigenvalue weighted by Gasteiger charge is 2.44. The Morgan fingerprint density at radius 2 is 1.94 bits per heavy atom. The highest BCUT2D eigenvalue weighted by atomic mass is 16.5. The van der Waals surface area contributed by atoms with Crippen LogP contribution in [0, 0.1) is 6.92 Å². The fourth-order valence-corrected chi connectivity index (χ4v) is 4.58. The first-order chi connectivity index (χ1) is 14.9. The number of amides is 2. The lowest BCUT2D eigenvalue weighted by Crippen LogP contribution is -2.61. The SMILES string of the molecule is Cc1ccccc1CC(=O)N1CCC2(CC1)CN(C)C[C@@H](C(=O)NCc1ccco1)O2. The molecule has 1 N–H and O–H groups in total. The van der Waals surface area contributed by atoms with E-state index in [1.54, 1.807) is 12.3 Å².